The van der Waals surface area contributed by atoms with Crippen LogP contribution in [-0.2, 0) is 20.4 Å². The Morgan fingerprint density at radius 1 is 1.00 bits per heavy atom. The molecule has 0 aliphatic carbocycles. The molecule has 8 nitrogen and oxygen atoms in total. The van der Waals surface area contributed by atoms with Crippen molar-refractivity contribution in [2.24, 2.45) is 16.5 Å². The van der Waals surface area contributed by atoms with E-state index in [2.05, 4.69) is 4.99 Å². The van der Waals surface area contributed by atoms with Gasteiger partial charge in [-0.25, -0.2) is 8.42 Å². The molecule has 156 valence electrons. The molecular formula is C20H27N5O3S. The lowest BCUT2D eigenvalue weighted by molar-refractivity contribution is -0.132. The first-order valence-corrected chi connectivity index (χ1v) is 11.4. The summed E-state index contributed by atoms with van der Waals surface area (Å²) < 4.78 is 25.3. The lowest BCUT2D eigenvalue weighted by atomic mass is 10.1. The summed E-state index contributed by atoms with van der Waals surface area (Å²) in [4.78, 5) is 19.6. The number of hydrogen-bond donors (Lipinski definition) is 2. The highest BCUT2D eigenvalue weighted by Crippen LogP contribution is 2.18. The Kier molecular flexibility index (Phi) is 6.71. The van der Waals surface area contributed by atoms with Gasteiger partial charge in [-0.3, -0.25) is 14.7 Å². The van der Waals surface area contributed by atoms with Crippen LogP contribution in [0.4, 0.5) is 0 Å². The van der Waals surface area contributed by atoms with Gasteiger partial charge in [-0.15, -0.1) is 0 Å². The van der Waals surface area contributed by atoms with Crippen molar-refractivity contribution in [2.45, 2.75) is 12.2 Å². The second kappa shape index (κ2) is 9.23. The Balaban J connectivity index is 1.51. The van der Waals surface area contributed by atoms with Crippen molar-refractivity contribution in [1.29, 1.82) is 0 Å². The molecule has 0 atom stereocenters. The third kappa shape index (κ3) is 6.16. The summed E-state index contributed by atoms with van der Waals surface area (Å²) in [6.45, 7) is 2.34. The minimum atomic E-state index is -3.29. The number of amides is 1. The Morgan fingerprint density at radius 2 is 1.69 bits per heavy atom. The van der Waals surface area contributed by atoms with Crippen LogP contribution in [0.5, 0.6) is 0 Å². The second-order valence-electron chi connectivity index (χ2n) is 7.25. The Hall–Kier alpha value is -2.65. The minimum Gasteiger partial charge on any atom is -0.370 e. The molecule has 4 N–H and O–H groups in total. The Morgan fingerprint density at radius 3 is 2.38 bits per heavy atom. The van der Waals surface area contributed by atoms with E-state index >= 15 is 0 Å². The lowest BCUT2D eigenvalue weighted by Gasteiger charge is -2.34. The number of fused-ring (bicyclic) bond motifs is 1. The molecule has 1 fully saturated rings. The van der Waals surface area contributed by atoms with Crippen LogP contribution in [0.2, 0.25) is 0 Å². The minimum absolute atomic E-state index is 0.00411. The number of carbonyl (C=O) groups excluding carboxylic acids is 1. The summed E-state index contributed by atoms with van der Waals surface area (Å²) in [7, 11) is -3.29. The summed E-state index contributed by atoms with van der Waals surface area (Å²) in [6.07, 6.45) is 0.248. The van der Waals surface area contributed by atoms with Gasteiger partial charge in [-0.1, -0.05) is 42.5 Å². The van der Waals surface area contributed by atoms with E-state index in [1.807, 2.05) is 47.4 Å². The molecule has 29 heavy (non-hydrogen) atoms. The van der Waals surface area contributed by atoms with Gasteiger partial charge < -0.3 is 16.4 Å². The van der Waals surface area contributed by atoms with Crippen LogP contribution >= 0.6 is 0 Å². The van der Waals surface area contributed by atoms with Crippen LogP contribution in [0, 0.1) is 0 Å². The zero-order chi connectivity index (χ0) is 20.9. The van der Waals surface area contributed by atoms with Crippen molar-refractivity contribution < 1.29 is 13.2 Å². The molecule has 2 aromatic rings. The first-order chi connectivity index (χ1) is 13.8. The average Bonchev–Trinajstić information content (AvgIpc) is 2.67. The van der Waals surface area contributed by atoms with Crippen LogP contribution in [0.3, 0.4) is 0 Å². The van der Waals surface area contributed by atoms with Gasteiger partial charge in [0.25, 0.3) is 0 Å². The van der Waals surface area contributed by atoms with E-state index in [-0.39, 0.29) is 36.5 Å². The molecule has 0 saturated carbocycles. The van der Waals surface area contributed by atoms with Gasteiger partial charge in [0.15, 0.2) is 15.8 Å². The predicted octanol–water partition coefficient (Wildman–Crippen LogP) is 0.520. The monoisotopic (exact) mass is 417 g/mol. The third-order valence-corrected chi connectivity index (χ3v) is 6.46. The molecule has 0 aromatic heterocycles. The summed E-state index contributed by atoms with van der Waals surface area (Å²) >= 11 is 0. The summed E-state index contributed by atoms with van der Waals surface area (Å²) in [5.41, 5.74) is 11.3. The SMILES string of the molecule is NC(N)=NCCC(=O)N1CCN(CS(=O)(=O)Cc2ccc3ccccc3c2)CC1. The van der Waals surface area contributed by atoms with Crippen molar-refractivity contribution in [2.75, 3.05) is 38.6 Å². The Bertz CT molecular complexity index is 994. The zero-order valence-corrected chi connectivity index (χ0v) is 17.1. The van der Waals surface area contributed by atoms with Gasteiger partial charge in [0.2, 0.25) is 5.91 Å². The molecule has 1 saturated heterocycles. The number of sulfone groups is 1. The highest BCUT2D eigenvalue weighted by atomic mass is 32.2. The largest absolute Gasteiger partial charge is 0.370 e. The average molecular weight is 418 g/mol. The fourth-order valence-electron chi connectivity index (χ4n) is 3.47. The number of nitrogens with zero attached hydrogens (tertiary/aromatic N) is 3. The van der Waals surface area contributed by atoms with E-state index in [9.17, 15) is 13.2 Å². The number of guanidine groups is 1. The van der Waals surface area contributed by atoms with E-state index in [4.69, 9.17) is 11.5 Å². The molecule has 0 spiro atoms. The van der Waals surface area contributed by atoms with Crippen molar-refractivity contribution >= 4 is 32.5 Å². The van der Waals surface area contributed by atoms with Gasteiger partial charge in [0.05, 0.1) is 12.3 Å². The highest BCUT2D eigenvalue weighted by Gasteiger charge is 2.24. The van der Waals surface area contributed by atoms with Gasteiger partial charge in [0, 0.05) is 32.6 Å². The normalized spacial score (nSPS) is 15.4. The molecule has 0 unspecified atom stereocenters. The quantitative estimate of drug-likeness (QED) is 0.500. The summed E-state index contributed by atoms with van der Waals surface area (Å²) in [5, 5.41) is 2.13. The van der Waals surface area contributed by atoms with Crippen molar-refractivity contribution in [3.63, 3.8) is 0 Å². The topological polar surface area (TPSA) is 122 Å². The lowest BCUT2D eigenvalue weighted by Crippen LogP contribution is -2.50. The number of hydrogen-bond acceptors (Lipinski definition) is 5. The maximum Gasteiger partial charge on any atom is 0.224 e. The number of nitrogens with two attached hydrogens (primary N) is 2. The number of carbonyl (C=O) groups is 1. The van der Waals surface area contributed by atoms with Gasteiger partial charge in [0.1, 0.15) is 5.88 Å². The zero-order valence-electron chi connectivity index (χ0n) is 16.3. The maximum atomic E-state index is 12.7. The predicted molar refractivity (Wildman–Crippen MR) is 115 cm³/mol. The van der Waals surface area contributed by atoms with Crippen LogP contribution in [-0.4, -0.2) is 68.7 Å². The van der Waals surface area contributed by atoms with Gasteiger partial charge in [-0.2, -0.15) is 0 Å². The van der Waals surface area contributed by atoms with Crippen molar-refractivity contribution in [1.82, 2.24) is 9.80 Å². The van der Waals surface area contributed by atoms with Gasteiger partial charge in [-0.05, 0) is 16.3 Å². The van der Waals surface area contributed by atoms with Crippen molar-refractivity contribution in [3.8, 4) is 0 Å². The molecule has 9 heteroatoms. The smallest absolute Gasteiger partial charge is 0.224 e. The van der Waals surface area contributed by atoms with Crippen LogP contribution < -0.4 is 11.5 Å². The molecule has 1 aliphatic rings. The summed E-state index contributed by atoms with van der Waals surface area (Å²) in [5.74, 6) is -0.0429. The number of aliphatic imine (C=N–C) groups is 1. The maximum absolute atomic E-state index is 12.7. The molecule has 1 heterocycles. The van der Waals surface area contributed by atoms with Crippen molar-refractivity contribution in [3.05, 3.63) is 48.0 Å². The van der Waals surface area contributed by atoms with Gasteiger partial charge >= 0.3 is 0 Å². The molecule has 3 rings (SSSR count). The number of piperazine rings is 1. The summed E-state index contributed by atoms with van der Waals surface area (Å²) in [6, 6.07) is 13.6. The molecule has 0 bridgehead atoms. The molecule has 1 aliphatic heterocycles. The molecular weight excluding hydrogens is 390 g/mol. The van der Waals surface area contributed by atoms with E-state index in [1.54, 1.807) is 4.90 Å². The molecule has 0 radical (unpaired) electrons. The van der Waals surface area contributed by atoms with Crippen LogP contribution in [0.1, 0.15) is 12.0 Å². The van der Waals surface area contributed by atoms with E-state index in [0.29, 0.717) is 26.2 Å². The fraction of sp³-hybridized carbons (Fsp3) is 0.400. The second-order valence-corrected chi connectivity index (χ2v) is 9.29. The first-order valence-electron chi connectivity index (χ1n) is 9.56. The standard InChI is InChI=1S/C20H27N5O3S/c21-20(22)23-8-7-19(26)25-11-9-24(10-12-25)15-29(27,28)14-16-5-6-17-3-1-2-4-18(17)13-16/h1-6,13H,7-12,14-15H2,(H4,21,22,23). The molecule has 1 amide bonds. The third-order valence-electron chi connectivity index (χ3n) is 4.92. The fourth-order valence-corrected chi connectivity index (χ4v) is 5.06. The van der Waals surface area contributed by atoms with Crippen LogP contribution in [0.25, 0.3) is 10.8 Å². The van der Waals surface area contributed by atoms with E-state index < -0.39 is 9.84 Å². The highest BCUT2D eigenvalue weighted by molar-refractivity contribution is 7.90. The number of rotatable bonds is 7. The molecule has 2 aromatic carbocycles. The van der Waals surface area contributed by atoms with E-state index in [0.717, 1.165) is 16.3 Å². The van der Waals surface area contributed by atoms with Crippen LogP contribution in [0.15, 0.2) is 47.5 Å². The Labute approximate surface area is 171 Å². The first kappa shape index (κ1) is 21.1. The van der Waals surface area contributed by atoms with E-state index in [1.165, 1.54) is 0 Å². The number of benzene rings is 2.